The summed E-state index contributed by atoms with van der Waals surface area (Å²) < 4.78 is 5.41. The number of carbonyl (C=O) groups excluding carboxylic acids is 2. The first-order valence-corrected chi connectivity index (χ1v) is 10.3. The molecule has 2 saturated heterocycles. The van der Waals surface area contributed by atoms with Gasteiger partial charge in [-0.1, -0.05) is 25.1 Å². The summed E-state index contributed by atoms with van der Waals surface area (Å²) in [6.45, 7) is 4.25. The molecule has 3 amide bonds. The number of para-hydroxylation sites is 1. The highest BCUT2D eigenvalue weighted by atomic mass is 16.5. The van der Waals surface area contributed by atoms with Gasteiger partial charge in [0.15, 0.2) is 0 Å². The van der Waals surface area contributed by atoms with Crippen molar-refractivity contribution in [3.05, 3.63) is 29.8 Å². The predicted octanol–water partition coefficient (Wildman–Crippen LogP) is 1.71. The van der Waals surface area contributed by atoms with Gasteiger partial charge in [0.2, 0.25) is 5.91 Å². The zero-order valence-electron chi connectivity index (χ0n) is 16.3. The van der Waals surface area contributed by atoms with Gasteiger partial charge in [0.25, 0.3) is 0 Å². The highest BCUT2D eigenvalue weighted by Gasteiger charge is 2.55. The number of amides is 3. The lowest BCUT2D eigenvalue weighted by Gasteiger charge is -2.58. The molecular formula is C21H29N3O4. The minimum Gasteiger partial charge on any atom is -0.394 e. The molecule has 0 aromatic heterocycles. The third-order valence-electron chi connectivity index (χ3n) is 6.28. The van der Waals surface area contributed by atoms with E-state index in [4.69, 9.17) is 4.74 Å². The normalized spacial score (nSPS) is 26.9. The molecule has 3 aliphatic heterocycles. The third-order valence-corrected chi connectivity index (χ3v) is 6.28. The highest BCUT2D eigenvalue weighted by Crippen LogP contribution is 2.48. The Morgan fingerprint density at radius 3 is 2.71 bits per heavy atom. The average molecular weight is 387 g/mol. The van der Waals surface area contributed by atoms with Crippen molar-refractivity contribution in [3.8, 4) is 0 Å². The van der Waals surface area contributed by atoms with E-state index in [2.05, 4.69) is 5.32 Å². The Hall–Kier alpha value is -2.12. The summed E-state index contributed by atoms with van der Waals surface area (Å²) in [5, 5.41) is 12.9. The maximum atomic E-state index is 13.3. The first kappa shape index (κ1) is 19.2. The van der Waals surface area contributed by atoms with E-state index >= 15 is 0 Å². The maximum absolute atomic E-state index is 13.3. The first-order chi connectivity index (χ1) is 13.7. The van der Waals surface area contributed by atoms with E-state index in [0.29, 0.717) is 26.3 Å². The number of ether oxygens (including phenoxy) is 1. The van der Waals surface area contributed by atoms with E-state index in [1.165, 1.54) is 0 Å². The van der Waals surface area contributed by atoms with Crippen LogP contribution in [0.3, 0.4) is 0 Å². The molecule has 1 aromatic carbocycles. The van der Waals surface area contributed by atoms with Gasteiger partial charge in [-0.2, -0.15) is 0 Å². The van der Waals surface area contributed by atoms with Crippen LogP contribution in [0.5, 0.6) is 0 Å². The molecule has 2 N–H and O–H groups in total. The molecule has 2 fully saturated rings. The van der Waals surface area contributed by atoms with E-state index < -0.39 is 0 Å². The monoisotopic (exact) mass is 387 g/mol. The van der Waals surface area contributed by atoms with Crippen molar-refractivity contribution in [3.63, 3.8) is 0 Å². The third kappa shape index (κ3) is 3.16. The van der Waals surface area contributed by atoms with E-state index in [1.807, 2.05) is 36.1 Å². The number of benzene rings is 1. The number of carbonyl (C=O) groups is 2. The minimum atomic E-state index is -0.247. The van der Waals surface area contributed by atoms with Crippen LogP contribution in [0.25, 0.3) is 0 Å². The number of hydrogen-bond donors (Lipinski definition) is 2. The van der Waals surface area contributed by atoms with Gasteiger partial charge < -0.3 is 25.0 Å². The van der Waals surface area contributed by atoms with E-state index in [0.717, 1.165) is 30.5 Å². The van der Waals surface area contributed by atoms with Crippen LogP contribution in [0.4, 0.5) is 10.5 Å². The summed E-state index contributed by atoms with van der Waals surface area (Å²) in [7, 11) is 0. The van der Waals surface area contributed by atoms with Crippen LogP contribution in [0, 0.1) is 5.92 Å². The zero-order valence-corrected chi connectivity index (χ0v) is 16.3. The SMILES string of the molecule is CCCNC(=O)N1[C@H](CO)[C@@H]2c3ccccc3N(C(=O)C3CCOCC3)C[C@@H]21. The standard InChI is InChI=1S/C21H29N3O4/c1-2-9-22-21(27)24-17-12-23(20(26)14-7-10-28-11-8-14)16-6-4-3-5-15(16)19(17)18(24)13-25/h3-6,14,17-19,25H,2,7-13H2,1H3,(H,22,27)/t17-,18+,19+/m0/s1. The Bertz CT molecular complexity index is 734. The van der Waals surface area contributed by atoms with Crippen LogP contribution in [-0.2, 0) is 9.53 Å². The number of rotatable bonds is 4. The Morgan fingerprint density at radius 1 is 1.25 bits per heavy atom. The molecule has 152 valence electrons. The Kier molecular flexibility index (Phi) is 5.55. The summed E-state index contributed by atoms with van der Waals surface area (Å²) in [6.07, 6.45) is 2.34. The molecule has 0 saturated carbocycles. The highest BCUT2D eigenvalue weighted by molar-refractivity contribution is 5.97. The first-order valence-electron chi connectivity index (χ1n) is 10.3. The van der Waals surface area contributed by atoms with Crippen molar-refractivity contribution in [1.82, 2.24) is 10.2 Å². The number of aliphatic hydroxyl groups excluding tert-OH is 1. The molecule has 0 unspecified atom stereocenters. The van der Waals surface area contributed by atoms with Crippen molar-refractivity contribution >= 4 is 17.6 Å². The summed E-state index contributed by atoms with van der Waals surface area (Å²) in [4.78, 5) is 29.6. The van der Waals surface area contributed by atoms with Crippen LogP contribution >= 0.6 is 0 Å². The largest absolute Gasteiger partial charge is 0.394 e. The van der Waals surface area contributed by atoms with Crippen molar-refractivity contribution in [1.29, 1.82) is 0 Å². The smallest absolute Gasteiger partial charge is 0.318 e. The summed E-state index contributed by atoms with van der Waals surface area (Å²) >= 11 is 0. The number of aliphatic hydroxyl groups is 1. The number of hydrogen-bond acceptors (Lipinski definition) is 4. The van der Waals surface area contributed by atoms with Crippen LogP contribution < -0.4 is 10.2 Å². The number of nitrogens with one attached hydrogen (secondary N) is 1. The zero-order chi connectivity index (χ0) is 19.7. The van der Waals surface area contributed by atoms with Crippen molar-refractivity contribution in [2.45, 2.75) is 44.2 Å². The van der Waals surface area contributed by atoms with Gasteiger partial charge in [0.05, 0.1) is 18.7 Å². The molecule has 0 radical (unpaired) electrons. The van der Waals surface area contributed by atoms with E-state index in [9.17, 15) is 14.7 Å². The number of fused-ring (bicyclic) bond motifs is 3. The summed E-state index contributed by atoms with van der Waals surface area (Å²) in [5.74, 6) is 0.150. The molecule has 7 heteroatoms. The second kappa shape index (κ2) is 8.09. The van der Waals surface area contributed by atoms with Crippen molar-refractivity contribution < 1.29 is 19.4 Å². The summed E-state index contributed by atoms with van der Waals surface area (Å²) in [6, 6.07) is 7.42. The van der Waals surface area contributed by atoms with Gasteiger partial charge in [0.1, 0.15) is 0 Å². The van der Waals surface area contributed by atoms with Gasteiger partial charge >= 0.3 is 6.03 Å². The topological polar surface area (TPSA) is 82.1 Å². The predicted molar refractivity (Wildman–Crippen MR) is 105 cm³/mol. The molecule has 0 bridgehead atoms. The lowest BCUT2D eigenvalue weighted by atomic mass is 9.72. The molecule has 4 rings (SSSR count). The van der Waals surface area contributed by atoms with Gasteiger partial charge in [-0.05, 0) is 30.9 Å². The number of anilines is 1. The number of urea groups is 1. The maximum Gasteiger partial charge on any atom is 0.318 e. The van der Waals surface area contributed by atoms with Crippen molar-refractivity contribution in [2.75, 3.05) is 37.8 Å². The lowest BCUT2D eigenvalue weighted by molar-refractivity contribution is -0.126. The fourth-order valence-electron chi connectivity index (χ4n) is 4.86. The molecule has 0 spiro atoms. The second-order valence-corrected chi connectivity index (χ2v) is 7.88. The van der Waals surface area contributed by atoms with Crippen molar-refractivity contribution in [2.24, 2.45) is 5.92 Å². The molecule has 7 nitrogen and oxygen atoms in total. The average Bonchev–Trinajstić information content (AvgIpc) is 2.72. The Labute approximate surface area is 165 Å². The van der Waals surface area contributed by atoms with E-state index in [-0.39, 0.29) is 42.5 Å². The summed E-state index contributed by atoms with van der Waals surface area (Å²) in [5.41, 5.74) is 1.98. The molecule has 28 heavy (non-hydrogen) atoms. The fraction of sp³-hybridized carbons (Fsp3) is 0.619. The fourth-order valence-corrected chi connectivity index (χ4v) is 4.86. The van der Waals surface area contributed by atoms with Crippen LogP contribution in [0.1, 0.15) is 37.7 Å². The van der Waals surface area contributed by atoms with E-state index in [1.54, 1.807) is 4.90 Å². The molecule has 3 aliphatic rings. The number of nitrogens with zero attached hydrogens (tertiary/aromatic N) is 2. The van der Waals surface area contributed by atoms with Gasteiger partial charge in [0, 0.05) is 43.8 Å². The molecule has 3 heterocycles. The number of likely N-dealkylation sites (tertiary alicyclic amines) is 1. The Morgan fingerprint density at radius 2 is 2.00 bits per heavy atom. The van der Waals surface area contributed by atoms with Gasteiger partial charge in [-0.15, -0.1) is 0 Å². The minimum absolute atomic E-state index is 0.0329. The Balaban J connectivity index is 1.62. The quantitative estimate of drug-likeness (QED) is 0.824. The molecule has 1 aromatic rings. The van der Waals surface area contributed by atoms with Crippen LogP contribution in [-0.4, -0.2) is 66.9 Å². The van der Waals surface area contributed by atoms with Crippen LogP contribution in [0.15, 0.2) is 24.3 Å². The molecule has 3 atom stereocenters. The lowest BCUT2D eigenvalue weighted by Crippen LogP contribution is -2.72. The second-order valence-electron chi connectivity index (χ2n) is 7.88. The molecular weight excluding hydrogens is 358 g/mol. The van der Waals surface area contributed by atoms with Crippen LogP contribution in [0.2, 0.25) is 0 Å². The van der Waals surface area contributed by atoms with Gasteiger partial charge in [-0.3, -0.25) is 4.79 Å². The molecule has 0 aliphatic carbocycles. The van der Waals surface area contributed by atoms with Gasteiger partial charge in [-0.25, -0.2) is 4.79 Å².